The summed E-state index contributed by atoms with van der Waals surface area (Å²) in [6.07, 6.45) is 1.48. The second-order valence-electron chi connectivity index (χ2n) is 4.30. The summed E-state index contributed by atoms with van der Waals surface area (Å²) in [7, 11) is 0. The smallest absolute Gasteiger partial charge is 0.326 e. The fourth-order valence-corrected chi connectivity index (χ4v) is 2.46. The van der Waals surface area contributed by atoms with Gasteiger partial charge in [-0.15, -0.1) is 0 Å². The highest BCUT2D eigenvalue weighted by Crippen LogP contribution is 2.30. The molecule has 1 heterocycles. The molecule has 0 aliphatic rings. The van der Waals surface area contributed by atoms with Gasteiger partial charge in [-0.25, -0.2) is 4.79 Å². The predicted octanol–water partition coefficient (Wildman–Crippen LogP) is 3.58. The molecule has 104 valence electrons. The van der Waals surface area contributed by atoms with Crippen LogP contribution in [0.4, 0.5) is 0 Å². The van der Waals surface area contributed by atoms with Gasteiger partial charge in [0.25, 0.3) is 5.56 Å². The van der Waals surface area contributed by atoms with Crippen LogP contribution in [0.1, 0.15) is 13.0 Å². The molecule has 1 atom stereocenters. The van der Waals surface area contributed by atoms with Crippen molar-refractivity contribution in [2.75, 3.05) is 0 Å². The molecule has 0 aliphatic heterocycles. The van der Waals surface area contributed by atoms with Crippen LogP contribution in [0.2, 0.25) is 5.02 Å². The Hall–Kier alpha value is -1.59. The first-order valence-electron chi connectivity index (χ1n) is 5.80. The van der Waals surface area contributed by atoms with Gasteiger partial charge < -0.3 is 9.67 Å². The number of carboxylic acid groups (broad SMARTS) is 1. The number of aromatic nitrogens is 1. The lowest BCUT2D eigenvalue weighted by molar-refractivity contribution is -0.140. The Morgan fingerprint density at radius 3 is 2.65 bits per heavy atom. The van der Waals surface area contributed by atoms with E-state index in [1.165, 1.54) is 23.8 Å². The van der Waals surface area contributed by atoms with E-state index < -0.39 is 12.0 Å². The Bertz CT molecular complexity index is 727. The third-order valence-electron chi connectivity index (χ3n) is 2.96. The highest BCUT2D eigenvalue weighted by molar-refractivity contribution is 9.10. The number of benzene rings is 1. The van der Waals surface area contributed by atoms with Crippen molar-refractivity contribution in [1.82, 2.24) is 4.57 Å². The quantitative estimate of drug-likeness (QED) is 0.914. The molecule has 0 saturated carbocycles. The average Bonchev–Trinajstić information content (AvgIpc) is 2.40. The van der Waals surface area contributed by atoms with E-state index in [0.29, 0.717) is 10.6 Å². The van der Waals surface area contributed by atoms with Gasteiger partial charge in [0.15, 0.2) is 0 Å². The Morgan fingerprint density at radius 1 is 1.35 bits per heavy atom. The van der Waals surface area contributed by atoms with Crippen LogP contribution in [0, 0.1) is 0 Å². The summed E-state index contributed by atoms with van der Waals surface area (Å²) in [5, 5.41) is 9.50. The summed E-state index contributed by atoms with van der Waals surface area (Å²) in [5.74, 6) is -1.05. The van der Waals surface area contributed by atoms with E-state index in [1.807, 2.05) is 0 Å². The number of aliphatic carboxylic acids is 1. The molecule has 1 aromatic heterocycles. The van der Waals surface area contributed by atoms with Crippen molar-refractivity contribution in [3.05, 3.63) is 56.4 Å². The Morgan fingerprint density at radius 2 is 2.05 bits per heavy atom. The summed E-state index contributed by atoms with van der Waals surface area (Å²) < 4.78 is 1.98. The predicted molar refractivity (Wildman–Crippen MR) is 81.2 cm³/mol. The fraction of sp³-hybridized carbons (Fsp3) is 0.143. The van der Waals surface area contributed by atoms with Crippen molar-refractivity contribution in [2.24, 2.45) is 0 Å². The number of nitrogens with zero attached hydrogens (tertiary/aromatic N) is 1. The first-order valence-corrected chi connectivity index (χ1v) is 6.97. The lowest BCUT2D eigenvalue weighted by Crippen LogP contribution is -2.26. The number of halogens is 2. The molecule has 0 radical (unpaired) electrons. The van der Waals surface area contributed by atoms with E-state index in [-0.39, 0.29) is 5.56 Å². The molecule has 0 amide bonds. The van der Waals surface area contributed by atoms with Gasteiger partial charge in [0.05, 0.1) is 0 Å². The van der Waals surface area contributed by atoms with E-state index >= 15 is 0 Å². The summed E-state index contributed by atoms with van der Waals surface area (Å²) >= 11 is 9.35. The highest BCUT2D eigenvalue weighted by Gasteiger charge is 2.15. The van der Waals surface area contributed by atoms with Gasteiger partial charge in [-0.05, 0) is 42.3 Å². The lowest BCUT2D eigenvalue weighted by atomic mass is 10.1. The van der Waals surface area contributed by atoms with Crippen molar-refractivity contribution in [3.63, 3.8) is 0 Å². The largest absolute Gasteiger partial charge is 0.480 e. The number of hydrogen-bond acceptors (Lipinski definition) is 2. The topological polar surface area (TPSA) is 59.3 Å². The van der Waals surface area contributed by atoms with Crippen LogP contribution in [0.25, 0.3) is 11.1 Å². The fourth-order valence-electron chi connectivity index (χ4n) is 1.81. The molecule has 1 aromatic carbocycles. The van der Waals surface area contributed by atoms with E-state index in [4.69, 9.17) is 16.7 Å². The maximum atomic E-state index is 12.0. The maximum Gasteiger partial charge on any atom is 0.326 e. The molecular formula is C14H11BrClNO3. The van der Waals surface area contributed by atoms with Gasteiger partial charge in [0.1, 0.15) is 6.04 Å². The van der Waals surface area contributed by atoms with Crippen molar-refractivity contribution in [2.45, 2.75) is 13.0 Å². The monoisotopic (exact) mass is 355 g/mol. The van der Waals surface area contributed by atoms with Gasteiger partial charge in [-0.1, -0.05) is 27.5 Å². The van der Waals surface area contributed by atoms with Crippen LogP contribution in [0.5, 0.6) is 0 Å². The van der Waals surface area contributed by atoms with Crippen LogP contribution in [-0.2, 0) is 4.79 Å². The van der Waals surface area contributed by atoms with E-state index in [2.05, 4.69) is 15.9 Å². The summed E-state index contributed by atoms with van der Waals surface area (Å²) in [4.78, 5) is 22.9. The zero-order valence-corrected chi connectivity index (χ0v) is 12.9. The van der Waals surface area contributed by atoms with Gasteiger partial charge in [0.2, 0.25) is 0 Å². The first kappa shape index (κ1) is 14.8. The highest BCUT2D eigenvalue weighted by atomic mass is 79.9. The van der Waals surface area contributed by atoms with Crippen molar-refractivity contribution >= 4 is 33.5 Å². The molecule has 0 aliphatic carbocycles. The van der Waals surface area contributed by atoms with Crippen LogP contribution >= 0.6 is 27.5 Å². The number of hydrogen-bond donors (Lipinski definition) is 1. The zero-order chi connectivity index (χ0) is 14.9. The van der Waals surface area contributed by atoms with E-state index in [9.17, 15) is 9.59 Å². The summed E-state index contributed by atoms with van der Waals surface area (Å²) in [5.41, 5.74) is 1.09. The number of carbonyl (C=O) groups is 1. The Balaban J connectivity index is 2.51. The lowest BCUT2D eigenvalue weighted by Gasteiger charge is -2.12. The normalized spacial score (nSPS) is 12.2. The average molecular weight is 357 g/mol. The maximum absolute atomic E-state index is 12.0. The molecule has 2 rings (SSSR count). The molecule has 4 nitrogen and oxygen atoms in total. The SMILES string of the molecule is C[C@H](C(=O)O)n1ccc(-c2cc(Cl)ccc2Br)cc1=O. The minimum Gasteiger partial charge on any atom is -0.480 e. The van der Waals surface area contributed by atoms with Crippen molar-refractivity contribution in [3.8, 4) is 11.1 Å². The third kappa shape index (κ3) is 2.94. The molecule has 1 N–H and O–H groups in total. The zero-order valence-electron chi connectivity index (χ0n) is 10.5. The Kier molecular flexibility index (Phi) is 4.30. The molecule has 0 bridgehead atoms. The van der Waals surface area contributed by atoms with Crippen LogP contribution in [0.15, 0.2) is 45.8 Å². The number of rotatable bonds is 3. The molecule has 0 saturated heterocycles. The molecule has 2 aromatic rings. The molecule has 0 spiro atoms. The Labute approximate surface area is 128 Å². The van der Waals surface area contributed by atoms with Crippen molar-refractivity contribution in [1.29, 1.82) is 0 Å². The van der Waals surface area contributed by atoms with Gasteiger partial charge in [-0.3, -0.25) is 4.79 Å². The van der Waals surface area contributed by atoms with Crippen LogP contribution in [-0.4, -0.2) is 15.6 Å². The summed E-state index contributed by atoms with van der Waals surface area (Å²) in [6.45, 7) is 1.46. The minimum atomic E-state index is -1.05. The van der Waals surface area contributed by atoms with Crippen LogP contribution in [0.3, 0.4) is 0 Å². The van der Waals surface area contributed by atoms with E-state index in [0.717, 1.165) is 10.0 Å². The molecule has 6 heteroatoms. The van der Waals surface area contributed by atoms with Gasteiger partial charge in [-0.2, -0.15) is 0 Å². The minimum absolute atomic E-state index is 0.371. The van der Waals surface area contributed by atoms with E-state index in [1.54, 1.807) is 24.3 Å². The molecule has 0 fully saturated rings. The second kappa shape index (κ2) is 5.81. The number of pyridine rings is 1. The number of carboxylic acids is 1. The van der Waals surface area contributed by atoms with Gasteiger partial charge >= 0.3 is 5.97 Å². The second-order valence-corrected chi connectivity index (χ2v) is 5.59. The summed E-state index contributed by atoms with van der Waals surface area (Å²) in [6, 6.07) is 7.46. The van der Waals surface area contributed by atoms with Crippen molar-refractivity contribution < 1.29 is 9.90 Å². The standard InChI is InChI=1S/C14H11BrClNO3/c1-8(14(19)20)17-5-4-9(6-13(17)18)11-7-10(16)2-3-12(11)15/h2-8H,1H3,(H,19,20)/t8-/m1/s1. The molecule has 0 unspecified atom stereocenters. The van der Waals surface area contributed by atoms with Crippen LogP contribution < -0.4 is 5.56 Å². The third-order valence-corrected chi connectivity index (χ3v) is 3.89. The molecular weight excluding hydrogens is 346 g/mol. The first-order chi connectivity index (χ1) is 9.40. The van der Waals surface area contributed by atoms with Gasteiger partial charge in [0, 0.05) is 21.8 Å². The molecule has 20 heavy (non-hydrogen) atoms.